The highest BCUT2D eigenvalue weighted by Crippen LogP contribution is 2.37. The maximum atomic E-state index is 6.61. The van der Waals surface area contributed by atoms with E-state index in [9.17, 15) is 0 Å². The number of hydrogen-bond acceptors (Lipinski definition) is 1. The minimum atomic E-state index is 0.0718. The second-order valence-electron chi connectivity index (χ2n) is 6.00. The van der Waals surface area contributed by atoms with Crippen LogP contribution in [0.5, 0.6) is 0 Å². The third-order valence-electron chi connectivity index (χ3n) is 4.56. The first-order chi connectivity index (χ1) is 8.10. The standard InChI is InChI=1S/C16H25N/c1-13-8-10-16(17,14(2)12-13)11-9-15-6-4-3-5-7-15/h3-7,13-14H,8-12,17H2,1-2H3. The molecule has 2 N–H and O–H groups in total. The predicted molar refractivity (Wildman–Crippen MR) is 73.9 cm³/mol. The predicted octanol–water partition coefficient (Wildman–Crippen LogP) is 3.77. The molecule has 0 aromatic heterocycles. The summed E-state index contributed by atoms with van der Waals surface area (Å²) in [5.74, 6) is 1.52. The molecule has 1 nitrogen and oxygen atoms in total. The van der Waals surface area contributed by atoms with Crippen LogP contribution in [0.4, 0.5) is 0 Å². The lowest BCUT2D eigenvalue weighted by molar-refractivity contribution is 0.154. The van der Waals surface area contributed by atoms with Crippen LogP contribution < -0.4 is 5.73 Å². The molecule has 0 aliphatic heterocycles. The van der Waals surface area contributed by atoms with Gasteiger partial charge in [0, 0.05) is 5.54 Å². The van der Waals surface area contributed by atoms with Gasteiger partial charge in [-0.15, -0.1) is 0 Å². The molecule has 1 aliphatic rings. The van der Waals surface area contributed by atoms with Gasteiger partial charge < -0.3 is 5.73 Å². The Bertz CT molecular complexity index is 346. The molecule has 0 bridgehead atoms. The van der Waals surface area contributed by atoms with E-state index in [1.54, 1.807) is 0 Å². The van der Waals surface area contributed by atoms with E-state index >= 15 is 0 Å². The Morgan fingerprint density at radius 1 is 1.24 bits per heavy atom. The minimum Gasteiger partial charge on any atom is -0.325 e. The van der Waals surface area contributed by atoms with E-state index < -0.39 is 0 Å². The maximum Gasteiger partial charge on any atom is 0.0183 e. The second-order valence-corrected chi connectivity index (χ2v) is 6.00. The van der Waals surface area contributed by atoms with Crippen LogP contribution in [0.3, 0.4) is 0 Å². The third-order valence-corrected chi connectivity index (χ3v) is 4.56. The van der Waals surface area contributed by atoms with Crippen molar-refractivity contribution in [2.24, 2.45) is 17.6 Å². The van der Waals surface area contributed by atoms with Crippen LogP contribution in [0.15, 0.2) is 30.3 Å². The normalized spacial score (nSPS) is 33.6. The molecule has 1 aliphatic carbocycles. The molecule has 0 radical (unpaired) electrons. The molecule has 1 heteroatoms. The number of hydrogen-bond donors (Lipinski definition) is 1. The molecule has 1 aromatic rings. The molecule has 0 heterocycles. The lowest BCUT2D eigenvalue weighted by atomic mass is 9.68. The minimum absolute atomic E-state index is 0.0718. The van der Waals surface area contributed by atoms with Crippen LogP contribution in [0, 0.1) is 11.8 Å². The van der Waals surface area contributed by atoms with Gasteiger partial charge >= 0.3 is 0 Å². The van der Waals surface area contributed by atoms with E-state index in [1.807, 2.05) is 0 Å². The Morgan fingerprint density at radius 2 is 1.94 bits per heavy atom. The van der Waals surface area contributed by atoms with Gasteiger partial charge in [-0.1, -0.05) is 44.2 Å². The largest absolute Gasteiger partial charge is 0.325 e. The zero-order chi connectivity index (χ0) is 12.3. The fourth-order valence-corrected chi connectivity index (χ4v) is 3.11. The summed E-state index contributed by atoms with van der Waals surface area (Å²) in [7, 11) is 0. The third kappa shape index (κ3) is 3.10. The molecule has 1 saturated carbocycles. The van der Waals surface area contributed by atoms with Crippen molar-refractivity contribution in [3.63, 3.8) is 0 Å². The van der Waals surface area contributed by atoms with Crippen LogP contribution in [0.1, 0.15) is 45.1 Å². The monoisotopic (exact) mass is 231 g/mol. The van der Waals surface area contributed by atoms with Gasteiger partial charge in [0.15, 0.2) is 0 Å². The highest BCUT2D eigenvalue weighted by molar-refractivity contribution is 5.15. The Morgan fingerprint density at radius 3 is 2.59 bits per heavy atom. The average Bonchev–Trinajstić information content (AvgIpc) is 2.34. The first-order valence-electron chi connectivity index (χ1n) is 6.93. The van der Waals surface area contributed by atoms with Crippen LogP contribution >= 0.6 is 0 Å². The van der Waals surface area contributed by atoms with Crippen LogP contribution in [-0.4, -0.2) is 5.54 Å². The van der Waals surface area contributed by atoms with E-state index in [-0.39, 0.29) is 5.54 Å². The number of rotatable bonds is 3. The van der Waals surface area contributed by atoms with Gasteiger partial charge in [0.05, 0.1) is 0 Å². The lowest BCUT2D eigenvalue weighted by Crippen LogP contribution is -2.49. The van der Waals surface area contributed by atoms with E-state index in [2.05, 4.69) is 44.2 Å². The van der Waals surface area contributed by atoms with E-state index in [1.165, 1.54) is 24.8 Å². The van der Waals surface area contributed by atoms with Crippen molar-refractivity contribution in [3.8, 4) is 0 Å². The van der Waals surface area contributed by atoms with Crippen molar-refractivity contribution >= 4 is 0 Å². The van der Waals surface area contributed by atoms with Gasteiger partial charge in [0.2, 0.25) is 0 Å². The maximum absolute atomic E-state index is 6.61. The topological polar surface area (TPSA) is 26.0 Å². The van der Waals surface area contributed by atoms with Crippen molar-refractivity contribution < 1.29 is 0 Å². The van der Waals surface area contributed by atoms with Crippen LogP contribution in [0.25, 0.3) is 0 Å². The van der Waals surface area contributed by atoms with Crippen molar-refractivity contribution in [2.45, 2.75) is 51.5 Å². The van der Waals surface area contributed by atoms with Gasteiger partial charge in [-0.3, -0.25) is 0 Å². The molecular weight excluding hydrogens is 206 g/mol. The van der Waals surface area contributed by atoms with E-state index in [4.69, 9.17) is 5.73 Å². The molecule has 3 unspecified atom stereocenters. The number of aryl methyl sites for hydroxylation is 1. The SMILES string of the molecule is CC1CCC(N)(CCc2ccccc2)C(C)C1. The molecule has 2 rings (SSSR count). The molecule has 0 spiro atoms. The van der Waals surface area contributed by atoms with Gasteiger partial charge in [-0.25, -0.2) is 0 Å². The fraction of sp³-hybridized carbons (Fsp3) is 0.625. The molecule has 3 atom stereocenters. The van der Waals surface area contributed by atoms with Crippen molar-refractivity contribution in [2.75, 3.05) is 0 Å². The van der Waals surface area contributed by atoms with Crippen LogP contribution in [0.2, 0.25) is 0 Å². The van der Waals surface area contributed by atoms with Crippen molar-refractivity contribution in [1.29, 1.82) is 0 Å². The van der Waals surface area contributed by atoms with Crippen LogP contribution in [-0.2, 0) is 6.42 Å². The molecule has 0 amide bonds. The summed E-state index contributed by atoms with van der Waals surface area (Å²) in [6.07, 6.45) is 6.05. The molecular formula is C16H25N. The fourth-order valence-electron chi connectivity index (χ4n) is 3.11. The zero-order valence-electron chi connectivity index (χ0n) is 11.2. The van der Waals surface area contributed by atoms with Gasteiger partial charge in [0.1, 0.15) is 0 Å². The Labute approximate surface area is 105 Å². The molecule has 0 saturated heterocycles. The summed E-state index contributed by atoms with van der Waals surface area (Å²) in [6, 6.07) is 10.7. The summed E-state index contributed by atoms with van der Waals surface area (Å²) in [5, 5.41) is 0. The smallest absolute Gasteiger partial charge is 0.0183 e. The summed E-state index contributed by atoms with van der Waals surface area (Å²) in [4.78, 5) is 0. The second kappa shape index (κ2) is 5.22. The van der Waals surface area contributed by atoms with Gasteiger partial charge in [0.25, 0.3) is 0 Å². The quantitative estimate of drug-likeness (QED) is 0.842. The Hall–Kier alpha value is -0.820. The first kappa shape index (κ1) is 12.6. The lowest BCUT2D eigenvalue weighted by Gasteiger charge is -2.42. The van der Waals surface area contributed by atoms with E-state index in [0.29, 0.717) is 5.92 Å². The summed E-state index contributed by atoms with van der Waals surface area (Å²) in [5.41, 5.74) is 8.10. The average molecular weight is 231 g/mol. The first-order valence-corrected chi connectivity index (χ1v) is 6.93. The van der Waals surface area contributed by atoms with Gasteiger partial charge in [-0.05, 0) is 49.5 Å². The Kier molecular flexibility index (Phi) is 3.88. The number of benzene rings is 1. The highest BCUT2D eigenvalue weighted by Gasteiger charge is 2.35. The molecule has 17 heavy (non-hydrogen) atoms. The summed E-state index contributed by atoms with van der Waals surface area (Å²) in [6.45, 7) is 4.69. The Balaban J connectivity index is 1.94. The summed E-state index contributed by atoms with van der Waals surface area (Å²) >= 11 is 0. The van der Waals surface area contributed by atoms with Gasteiger partial charge in [-0.2, -0.15) is 0 Å². The van der Waals surface area contributed by atoms with E-state index in [0.717, 1.165) is 18.8 Å². The highest BCUT2D eigenvalue weighted by atomic mass is 14.8. The molecule has 1 aromatic carbocycles. The van der Waals surface area contributed by atoms with Crippen molar-refractivity contribution in [3.05, 3.63) is 35.9 Å². The zero-order valence-corrected chi connectivity index (χ0v) is 11.2. The molecule has 94 valence electrons. The van der Waals surface area contributed by atoms with Crippen molar-refractivity contribution in [1.82, 2.24) is 0 Å². The molecule has 1 fully saturated rings. The summed E-state index contributed by atoms with van der Waals surface area (Å²) < 4.78 is 0. The number of nitrogens with two attached hydrogens (primary N) is 1.